The Morgan fingerprint density at radius 2 is 2.32 bits per heavy atom. The molecule has 1 amide bonds. The fourth-order valence-electron chi connectivity index (χ4n) is 2.67. The first-order valence-corrected chi connectivity index (χ1v) is 9.48. The summed E-state index contributed by atoms with van der Waals surface area (Å²) in [6.07, 6.45) is 5.52. The van der Waals surface area contributed by atoms with Gasteiger partial charge < -0.3 is 9.84 Å². The molecule has 1 unspecified atom stereocenters. The number of nitrogens with zero attached hydrogens (tertiary/aromatic N) is 7. The van der Waals surface area contributed by atoms with Crippen LogP contribution in [0.1, 0.15) is 23.9 Å². The molecule has 28 heavy (non-hydrogen) atoms. The van der Waals surface area contributed by atoms with Crippen LogP contribution in [0.5, 0.6) is 0 Å². The highest BCUT2D eigenvalue weighted by atomic mass is 32.1. The molecule has 0 saturated heterocycles. The average molecular weight is 396 g/mol. The van der Waals surface area contributed by atoms with Crippen molar-refractivity contribution in [1.82, 2.24) is 40.6 Å². The van der Waals surface area contributed by atoms with Gasteiger partial charge in [0.05, 0.1) is 12.5 Å². The highest BCUT2D eigenvalue weighted by molar-refractivity contribution is 7.08. The molecule has 0 bridgehead atoms. The zero-order valence-electron chi connectivity index (χ0n) is 14.7. The molecule has 4 rings (SSSR count). The van der Waals surface area contributed by atoms with Gasteiger partial charge in [-0.3, -0.25) is 9.78 Å². The molecule has 4 aromatic rings. The number of hydrogen-bond donors (Lipinski definition) is 1. The van der Waals surface area contributed by atoms with Crippen molar-refractivity contribution in [1.29, 1.82) is 0 Å². The number of hydrogen-bond acceptors (Lipinski definition) is 9. The van der Waals surface area contributed by atoms with Crippen molar-refractivity contribution in [2.24, 2.45) is 0 Å². The van der Waals surface area contributed by atoms with Gasteiger partial charge >= 0.3 is 0 Å². The maximum atomic E-state index is 12.4. The summed E-state index contributed by atoms with van der Waals surface area (Å²) in [5.74, 6) is 0.818. The Bertz CT molecular complexity index is 967. The molecule has 10 nitrogen and oxygen atoms in total. The molecule has 0 aromatic carbocycles. The van der Waals surface area contributed by atoms with Gasteiger partial charge in [-0.05, 0) is 44.9 Å². The summed E-state index contributed by atoms with van der Waals surface area (Å²) in [6, 6.07) is 5.37. The fraction of sp³-hybridized carbons (Fsp3) is 0.235. The maximum absolute atomic E-state index is 12.4. The summed E-state index contributed by atoms with van der Waals surface area (Å²) in [5, 5.41) is 22.0. The minimum atomic E-state index is -0.248. The number of rotatable bonds is 8. The van der Waals surface area contributed by atoms with Gasteiger partial charge in [-0.15, -0.1) is 5.10 Å². The van der Waals surface area contributed by atoms with Gasteiger partial charge in [0, 0.05) is 30.9 Å². The van der Waals surface area contributed by atoms with Crippen LogP contribution >= 0.6 is 11.3 Å². The number of thiophene rings is 1. The highest BCUT2D eigenvalue weighted by Crippen LogP contribution is 2.23. The Morgan fingerprint density at radius 3 is 3.07 bits per heavy atom. The molecule has 4 aromatic heterocycles. The van der Waals surface area contributed by atoms with Gasteiger partial charge in [-0.1, -0.05) is 5.16 Å². The second-order valence-corrected chi connectivity index (χ2v) is 6.70. The van der Waals surface area contributed by atoms with Gasteiger partial charge in [-0.25, -0.2) is 4.68 Å². The van der Waals surface area contributed by atoms with E-state index < -0.39 is 0 Å². The van der Waals surface area contributed by atoms with Crippen LogP contribution in [-0.2, 0) is 11.2 Å². The van der Waals surface area contributed by atoms with Crippen LogP contribution in [0.25, 0.3) is 11.4 Å². The van der Waals surface area contributed by atoms with Gasteiger partial charge in [0.15, 0.2) is 0 Å². The predicted molar refractivity (Wildman–Crippen MR) is 99.1 cm³/mol. The van der Waals surface area contributed by atoms with Crippen LogP contribution in [0.3, 0.4) is 0 Å². The Kier molecular flexibility index (Phi) is 5.43. The minimum Gasteiger partial charge on any atom is -0.356 e. The smallest absolute Gasteiger partial charge is 0.228 e. The number of carbonyl (C=O) groups excluding carboxylic acids is 1. The third-order valence-corrected chi connectivity index (χ3v) is 4.74. The molecular formula is C17H16N8O2S. The summed E-state index contributed by atoms with van der Waals surface area (Å²) >= 11 is 1.56. The molecule has 0 aliphatic carbocycles. The zero-order valence-corrected chi connectivity index (χ0v) is 15.5. The van der Waals surface area contributed by atoms with Crippen LogP contribution in [0.15, 0.2) is 52.2 Å². The third kappa shape index (κ3) is 4.26. The van der Waals surface area contributed by atoms with Gasteiger partial charge in [0.1, 0.15) is 6.33 Å². The number of aromatic nitrogens is 7. The summed E-state index contributed by atoms with van der Waals surface area (Å²) in [4.78, 5) is 20.7. The Balaban J connectivity index is 1.31. The molecular weight excluding hydrogens is 380 g/mol. The van der Waals surface area contributed by atoms with Crippen molar-refractivity contribution in [3.8, 4) is 11.4 Å². The topological polar surface area (TPSA) is 125 Å². The van der Waals surface area contributed by atoms with E-state index in [9.17, 15) is 4.79 Å². The van der Waals surface area contributed by atoms with Crippen molar-refractivity contribution in [2.45, 2.75) is 18.9 Å². The van der Waals surface area contributed by atoms with Crippen LogP contribution < -0.4 is 5.32 Å². The molecule has 0 radical (unpaired) electrons. The largest absolute Gasteiger partial charge is 0.356 e. The van der Waals surface area contributed by atoms with Gasteiger partial charge in [0.2, 0.25) is 17.6 Å². The first-order chi connectivity index (χ1) is 13.8. The van der Waals surface area contributed by atoms with Crippen molar-refractivity contribution < 1.29 is 9.32 Å². The number of nitrogens with one attached hydrogen (secondary N) is 1. The number of amides is 1. The second kappa shape index (κ2) is 8.48. The Morgan fingerprint density at radius 1 is 1.36 bits per heavy atom. The highest BCUT2D eigenvalue weighted by Gasteiger charge is 2.19. The zero-order chi connectivity index (χ0) is 19.2. The molecule has 142 valence electrons. The van der Waals surface area contributed by atoms with Gasteiger partial charge in [-0.2, -0.15) is 16.3 Å². The molecule has 0 spiro atoms. The number of tetrazole rings is 1. The molecule has 0 aliphatic heterocycles. The fourth-order valence-corrected chi connectivity index (χ4v) is 3.37. The molecule has 0 aliphatic rings. The summed E-state index contributed by atoms with van der Waals surface area (Å²) in [7, 11) is 0. The number of carbonyl (C=O) groups is 1. The maximum Gasteiger partial charge on any atom is 0.228 e. The quantitative estimate of drug-likeness (QED) is 0.475. The molecule has 11 heteroatoms. The minimum absolute atomic E-state index is 0.112. The first-order valence-electron chi connectivity index (χ1n) is 8.54. The van der Waals surface area contributed by atoms with Crippen LogP contribution in [-0.4, -0.2) is 47.8 Å². The third-order valence-electron chi connectivity index (χ3n) is 4.04. The monoisotopic (exact) mass is 396 g/mol. The summed E-state index contributed by atoms with van der Waals surface area (Å²) < 4.78 is 6.81. The van der Waals surface area contributed by atoms with Crippen molar-refractivity contribution in [3.63, 3.8) is 0 Å². The Hall–Kier alpha value is -3.47. The normalized spacial score (nSPS) is 12.0. The van der Waals surface area contributed by atoms with Crippen LogP contribution in [0.2, 0.25) is 0 Å². The number of pyridine rings is 1. The van der Waals surface area contributed by atoms with Crippen LogP contribution in [0.4, 0.5) is 0 Å². The lowest BCUT2D eigenvalue weighted by molar-refractivity contribution is -0.121. The van der Waals surface area contributed by atoms with E-state index in [4.69, 9.17) is 4.52 Å². The van der Waals surface area contributed by atoms with E-state index in [2.05, 4.69) is 36.0 Å². The van der Waals surface area contributed by atoms with E-state index in [1.54, 1.807) is 34.5 Å². The van der Waals surface area contributed by atoms with E-state index in [0.29, 0.717) is 24.7 Å². The molecule has 1 atom stereocenters. The SMILES string of the molecule is O=C(CC(c1ccsc1)n1cnnn1)NCCc1nc(-c2cccnc2)no1. The molecule has 0 fully saturated rings. The van der Waals surface area contributed by atoms with E-state index in [1.807, 2.05) is 22.9 Å². The summed E-state index contributed by atoms with van der Waals surface area (Å²) in [6.45, 7) is 0.388. The first kappa shape index (κ1) is 17.9. The summed E-state index contributed by atoms with van der Waals surface area (Å²) in [5.41, 5.74) is 1.77. The lowest BCUT2D eigenvalue weighted by Gasteiger charge is -2.14. The molecule has 4 heterocycles. The average Bonchev–Trinajstić information content (AvgIpc) is 3.49. The standard InChI is InChI=1S/C17H16N8O2S/c26-15(8-14(13-4-7-28-10-13)25-11-20-23-24-25)19-6-3-16-21-17(22-27-16)12-2-1-5-18-9-12/h1-2,4-5,7,9-11,14H,3,6,8H2,(H,19,26). The molecule has 1 N–H and O–H groups in total. The van der Waals surface area contributed by atoms with E-state index in [-0.39, 0.29) is 18.4 Å². The van der Waals surface area contributed by atoms with Crippen molar-refractivity contribution in [2.75, 3.05) is 6.54 Å². The lowest BCUT2D eigenvalue weighted by Crippen LogP contribution is -2.29. The lowest BCUT2D eigenvalue weighted by atomic mass is 10.1. The van der Waals surface area contributed by atoms with E-state index >= 15 is 0 Å². The van der Waals surface area contributed by atoms with Crippen molar-refractivity contribution in [3.05, 3.63) is 59.1 Å². The van der Waals surface area contributed by atoms with E-state index in [0.717, 1.165) is 11.1 Å². The van der Waals surface area contributed by atoms with Crippen molar-refractivity contribution >= 4 is 17.2 Å². The predicted octanol–water partition coefficient (Wildman–Crippen LogP) is 1.52. The molecule has 0 saturated carbocycles. The van der Waals surface area contributed by atoms with E-state index in [1.165, 1.54) is 6.33 Å². The Labute approximate surface area is 163 Å². The van der Waals surface area contributed by atoms with Gasteiger partial charge in [0.25, 0.3) is 0 Å². The second-order valence-electron chi connectivity index (χ2n) is 5.92. The van der Waals surface area contributed by atoms with Crippen LogP contribution in [0, 0.1) is 0 Å².